The molecule has 0 unspecified atom stereocenters. The van der Waals surface area contributed by atoms with Gasteiger partial charge in [0, 0.05) is 24.4 Å². The van der Waals surface area contributed by atoms with Crippen molar-refractivity contribution in [2.24, 2.45) is 5.92 Å². The first-order valence-electron chi connectivity index (χ1n) is 8.38. The van der Waals surface area contributed by atoms with Crippen LogP contribution in [0, 0.1) is 5.92 Å². The van der Waals surface area contributed by atoms with Gasteiger partial charge in [-0.25, -0.2) is 0 Å². The topological polar surface area (TPSA) is 88.3 Å². The van der Waals surface area contributed by atoms with Crippen LogP contribution < -0.4 is 5.32 Å². The molecule has 7 heteroatoms. The Hall–Kier alpha value is -1.92. The number of amides is 2. The first-order chi connectivity index (χ1) is 10.9. The second-order valence-corrected chi connectivity index (χ2v) is 8.33. The van der Waals surface area contributed by atoms with Crippen molar-refractivity contribution in [2.75, 3.05) is 6.54 Å². The molecule has 1 aromatic heterocycles. The van der Waals surface area contributed by atoms with E-state index in [0.29, 0.717) is 18.3 Å². The first-order valence-corrected chi connectivity index (χ1v) is 8.38. The summed E-state index contributed by atoms with van der Waals surface area (Å²) >= 11 is 0. The number of carbonyl (C=O) groups is 2. The van der Waals surface area contributed by atoms with Crippen LogP contribution in [-0.2, 0) is 20.5 Å². The molecule has 2 rings (SSSR count). The van der Waals surface area contributed by atoms with Gasteiger partial charge in [-0.1, -0.05) is 25.9 Å². The van der Waals surface area contributed by atoms with Crippen LogP contribution in [0.15, 0.2) is 4.52 Å². The summed E-state index contributed by atoms with van der Waals surface area (Å²) < 4.78 is 5.31. The Bertz CT molecular complexity index is 628. The second-order valence-electron chi connectivity index (χ2n) is 8.33. The molecule has 0 bridgehead atoms. The van der Waals surface area contributed by atoms with Crippen molar-refractivity contribution in [1.82, 2.24) is 20.4 Å². The number of rotatable bonds is 4. The van der Waals surface area contributed by atoms with Crippen LogP contribution in [0.5, 0.6) is 0 Å². The summed E-state index contributed by atoms with van der Waals surface area (Å²) in [5.74, 6) is 0.497. The highest BCUT2D eigenvalue weighted by atomic mass is 16.5. The van der Waals surface area contributed by atoms with Gasteiger partial charge >= 0.3 is 0 Å². The summed E-state index contributed by atoms with van der Waals surface area (Å²) in [5, 5.41) is 6.97. The number of carbonyl (C=O) groups excluding carboxylic acids is 2. The Morgan fingerprint density at radius 1 is 1.29 bits per heavy atom. The maximum Gasteiger partial charge on any atom is 0.232 e. The van der Waals surface area contributed by atoms with E-state index in [-0.39, 0.29) is 35.6 Å². The van der Waals surface area contributed by atoms with Crippen LogP contribution in [0.1, 0.15) is 66.6 Å². The van der Waals surface area contributed by atoms with Crippen molar-refractivity contribution in [3.05, 3.63) is 11.7 Å². The van der Waals surface area contributed by atoms with E-state index < -0.39 is 5.54 Å². The predicted molar refractivity (Wildman–Crippen MR) is 89.1 cm³/mol. The Labute approximate surface area is 143 Å². The average Bonchev–Trinajstić information content (AvgIpc) is 3.03. The third kappa shape index (κ3) is 3.76. The summed E-state index contributed by atoms with van der Waals surface area (Å²) in [6.07, 6.45) is 0.250. The number of nitrogens with one attached hydrogen (secondary N) is 1. The maximum atomic E-state index is 12.6. The van der Waals surface area contributed by atoms with Crippen LogP contribution in [0.4, 0.5) is 0 Å². The molecule has 0 radical (unpaired) electrons. The molecule has 0 saturated carbocycles. The number of hydrogen-bond donors (Lipinski definition) is 1. The summed E-state index contributed by atoms with van der Waals surface area (Å²) in [6, 6.07) is 0.106. The number of likely N-dealkylation sites (tertiary alicyclic amines) is 1. The lowest BCUT2D eigenvalue weighted by Crippen LogP contribution is -2.45. The minimum atomic E-state index is -0.765. The van der Waals surface area contributed by atoms with Gasteiger partial charge in [-0.2, -0.15) is 4.98 Å². The smallest absolute Gasteiger partial charge is 0.232 e. The number of hydrogen-bond acceptors (Lipinski definition) is 5. The van der Waals surface area contributed by atoms with Crippen molar-refractivity contribution < 1.29 is 14.1 Å². The zero-order valence-electron chi connectivity index (χ0n) is 15.6. The zero-order chi connectivity index (χ0) is 18.3. The number of aromatic nitrogens is 2. The fourth-order valence-corrected chi connectivity index (χ4v) is 2.65. The molecule has 0 aliphatic carbocycles. The third-order valence-electron chi connectivity index (χ3n) is 4.21. The predicted octanol–water partition coefficient (Wildman–Crippen LogP) is 1.98. The van der Waals surface area contributed by atoms with Crippen LogP contribution in [0.3, 0.4) is 0 Å². The van der Waals surface area contributed by atoms with Gasteiger partial charge < -0.3 is 14.7 Å². The Morgan fingerprint density at radius 3 is 2.38 bits per heavy atom. The molecule has 0 aromatic carbocycles. The molecule has 1 N–H and O–H groups in total. The minimum Gasteiger partial charge on any atom is -0.343 e. The largest absolute Gasteiger partial charge is 0.343 e. The molecule has 1 saturated heterocycles. The van der Waals surface area contributed by atoms with Gasteiger partial charge in [0.2, 0.25) is 17.7 Å². The van der Waals surface area contributed by atoms with Gasteiger partial charge in [-0.05, 0) is 27.7 Å². The molecule has 2 heterocycles. The molecule has 24 heavy (non-hydrogen) atoms. The van der Waals surface area contributed by atoms with E-state index in [9.17, 15) is 9.59 Å². The lowest BCUT2D eigenvalue weighted by molar-refractivity contribution is -0.130. The van der Waals surface area contributed by atoms with Crippen LogP contribution in [0.2, 0.25) is 0 Å². The van der Waals surface area contributed by atoms with Gasteiger partial charge in [0.15, 0.2) is 5.82 Å². The highest BCUT2D eigenvalue weighted by Crippen LogP contribution is 2.26. The molecule has 1 aliphatic rings. The van der Waals surface area contributed by atoms with Crippen molar-refractivity contribution in [3.8, 4) is 0 Å². The normalized spacial score (nSPS) is 19.2. The highest BCUT2D eigenvalue weighted by molar-refractivity contribution is 5.89. The monoisotopic (exact) mass is 336 g/mol. The third-order valence-corrected chi connectivity index (χ3v) is 4.21. The van der Waals surface area contributed by atoms with E-state index in [1.807, 2.05) is 48.5 Å². The molecule has 7 nitrogen and oxygen atoms in total. The average molecular weight is 336 g/mol. The van der Waals surface area contributed by atoms with Crippen LogP contribution >= 0.6 is 0 Å². The lowest BCUT2D eigenvalue weighted by atomic mass is 9.96. The van der Waals surface area contributed by atoms with E-state index in [2.05, 4.69) is 15.5 Å². The van der Waals surface area contributed by atoms with Gasteiger partial charge in [0.1, 0.15) is 0 Å². The summed E-state index contributed by atoms with van der Waals surface area (Å²) in [5.41, 5.74) is -1.01. The van der Waals surface area contributed by atoms with Gasteiger partial charge in [0.05, 0.1) is 11.5 Å². The van der Waals surface area contributed by atoms with Crippen molar-refractivity contribution in [2.45, 2.75) is 71.9 Å². The fourth-order valence-electron chi connectivity index (χ4n) is 2.65. The maximum absolute atomic E-state index is 12.6. The van der Waals surface area contributed by atoms with Crippen molar-refractivity contribution in [3.63, 3.8) is 0 Å². The number of nitrogens with zero attached hydrogens (tertiary/aromatic N) is 3. The van der Waals surface area contributed by atoms with Gasteiger partial charge in [-0.15, -0.1) is 0 Å². The molecule has 1 atom stereocenters. The molecular formula is C17H28N4O3. The standard InChI is InChI=1S/C17H28N4O3/c1-10(2)21-9-11(8-12(21)22)13(23)19-17(6,7)14-18-15(24-20-14)16(3,4)5/h10-11H,8-9H2,1-7H3,(H,19,23)/t11-/m0/s1. The van der Waals surface area contributed by atoms with Crippen LogP contribution in [0.25, 0.3) is 0 Å². The van der Waals surface area contributed by atoms with E-state index >= 15 is 0 Å². The Balaban J connectivity index is 2.08. The SMILES string of the molecule is CC(C)N1C[C@@H](C(=O)NC(C)(C)c2noc(C(C)(C)C)n2)CC1=O. The van der Waals surface area contributed by atoms with Crippen molar-refractivity contribution >= 4 is 11.8 Å². The molecule has 1 aliphatic heterocycles. The Morgan fingerprint density at radius 2 is 1.92 bits per heavy atom. The molecule has 0 spiro atoms. The zero-order valence-corrected chi connectivity index (χ0v) is 15.6. The van der Waals surface area contributed by atoms with Gasteiger partial charge in [0.25, 0.3) is 0 Å². The van der Waals surface area contributed by atoms with Gasteiger partial charge in [-0.3, -0.25) is 9.59 Å². The van der Waals surface area contributed by atoms with E-state index in [1.54, 1.807) is 4.90 Å². The summed E-state index contributed by atoms with van der Waals surface area (Å²) in [7, 11) is 0. The molecule has 2 amide bonds. The first kappa shape index (κ1) is 18.4. The van der Waals surface area contributed by atoms with E-state index in [4.69, 9.17) is 4.52 Å². The van der Waals surface area contributed by atoms with Crippen molar-refractivity contribution in [1.29, 1.82) is 0 Å². The lowest BCUT2D eigenvalue weighted by Gasteiger charge is -2.25. The van der Waals surface area contributed by atoms with E-state index in [0.717, 1.165) is 0 Å². The van der Waals surface area contributed by atoms with E-state index in [1.165, 1.54) is 0 Å². The molecule has 1 fully saturated rings. The van der Waals surface area contributed by atoms with Crippen LogP contribution in [-0.4, -0.2) is 39.4 Å². The highest BCUT2D eigenvalue weighted by Gasteiger charge is 2.39. The molecular weight excluding hydrogens is 308 g/mol. The molecule has 134 valence electrons. The molecule has 1 aromatic rings. The minimum absolute atomic E-state index is 0.0255. The summed E-state index contributed by atoms with van der Waals surface area (Å²) in [4.78, 5) is 30.7. The second kappa shape index (κ2) is 6.18. The quantitative estimate of drug-likeness (QED) is 0.908. The Kier molecular flexibility index (Phi) is 4.74. The fraction of sp³-hybridized carbons (Fsp3) is 0.765. The summed E-state index contributed by atoms with van der Waals surface area (Å²) in [6.45, 7) is 14.0.